The van der Waals surface area contributed by atoms with Crippen molar-refractivity contribution in [2.75, 3.05) is 0 Å². The molecule has 34 heavy (non-hydrogen) atoms. The Balaban J connectivity index is 1.70. The largest absolute Gasteiger partial charge is 0.310 e. The molecule has 3 aliphatic heterocycles. The van der Waals surface area contributed by atoms with Gasteiger partial charge in [-0.2, -0.15) is 5.26 Å². The lowest BCUT2D eigenvalue weighted by molar-refractivity contribution is 0.621. The lowest BCUT2D eigenvalue weighted by atomic mass is 9.26. The fourth-order valence-electron chi connectivity index (χ4n) is 7.57. The molecule has 4 aromatic carbocycles. The number of rotatable bonds is 0. The highest BCUT2D eigenvalue weighted by Crippen LogP contribution is 2.45. The van der Waals surface area contributed by atoms with Gasteiger partial charge < -0.3 is 4.57 Å². The molecule has 160 valence electrons. The van der Waals surface area contributed by atoms with E-state index >= 15 is 0 Å². The van der Waals surface area contributed by atoms with Gasteiger partial charge in [0.05, 0.1) is 17.1 Å². The minimum atomic E-state index is -0.0790. The summed E-state index contributed by atoms with van der Waals surface area (Å²) < 4.78 is 2.46. The summed E-state index contributed by atoms with van der Waals surface area (Å²) >= 11 is 0. The van der Waals surface area contributed by atoms with Gasteiger partial charge in [0.1, 0.15) is 0 Å². The summed E-state index contributed by atoms with van der Waals surface area (Å²) in [5.41, 5.74) is 14.5. The molecule has 2 nitrogen and oxygen atoms in total. The first kappa shape index (κ1) is 18.6. The van der Waals surface area contributed by atoms with E-state index in [1.807, 2.05) is 6.07 Å². The van der Waals surface area contributed by atoms with E-state index in [0.29, 0.717) is 5.56 Å². The second kappa shape index (κ2) is 5.48. The van der Waals surface area contributed by atoms with Crippen LogP contribution < -0.4 is 16.4 Å². The first-order chi connectivity index (χ1) is 16.4. The van der Waals surface area contributed by atoms with E-state index in [1.54, 1.807) is 0 Å². The van der Waals surface area contributed by atoms with Gasteiger partial charge in [-0.1, -0.05) is 81.7 Å². The normalized spacial score (nSPS) is 17.2. The molecule has 4 heterocycles. The molecule has 0 radical (unpaired) electrons. The predicted octanol–water partition coefficient (Wildman–Crippen LogP) is 4.76. The van der Waals surface area contributed by atoms with Crippen LogP contribution in [0.15, 0.2) is 66.7 Å². The number of nitriles is 1. The van der Waals surface area contributed by atoms with Crippen LogP contribution in [0, 0.1) is 11.3 Å². The van der Waals surface area contributed by atoms with Crippen molar-refractivity contribution in [2.24, 2.45) is 0 Å². The molecule has 0 N–H and O–H groups in total. The molecule has 5 aromatic rings. The van der Waals surface area contributed by atoms with Crippen LogP contribution in [0.1, 0.15) is 55.5 Å². The van der Waals surface area contributed by atoms with Crippen LogP contribution in [0.25, 0.3) is 27.5 Å². The first-order valence-corrected chi connectivity index (χ1v) is 12.1. The van der Waals surface area contributed by atoms with Gasteiger partial charge in [-0.15, -0.1) is 0 Å². The molecule has 8 rings (SSSR count). The maximum absolute atomic E-state index is 9.67. The molecule has 0 amide bonds. The number of hydrogen-bond donors (Lipinski definition) is 0. The lowest BCUT2D eigenvalue weighted by Crippen LogP contribution is -2.68. The Morgan fingerprint density at radius 2 is 1.32 bits per heavy atom. The molecule has 0 atom stereocenters. The minimum absolute atomic E-state index is 0.0764. The first-order valence-electron chi connectivity index (χ1n) is 12.1. The lowest BCUT2D eigenvalue weighted by Gasteiger charge is -2.48. The van der Waals surface area contributed by atoms with Gasteiger partial charge in [0, 0.05) is 32.8 Å². The summed E-state index contributed by atoms with van der Waals surface area (Å²) in [6.07, 6.45) is 0. The Bertz CT molecular complexity index is 1810. The highest BCUT2D eigenvalue weighted by molar-refractivity contribution is 7.00. The molecule has 0 aliphatic carbocycles. The van der Waals surface area contributed by atoms with Crippen molar-refractivity contribution >= 4 is 44.9 Å². The maximum Gasteiger partial charge on any atom is 0.248 e. The average molecular weight is 434 g/mol. The van der Waals surface area contributed by atoms with Crippen LogP contribution in [0.3, 0.4) is 0 Å². The highest BCUT2D eigenvalue weighted by Gasteiger charge is 2.51. The summed E-state index contributed by atoms with van der Waals surface area (Å²) in [5, 5.41) is 12.2. The van der Waals surface area contributed by atoms with Gasteiger partial charge in [-0.05, 0) is 51.4 Å². The number of aromatic nitrogens is 1. The van der Waals surface area contributed by atoms with Crippen molar-refractivity contribution < 1.29 is 0 Å². The molecule has 3 aliphatic rings. The number of nitrogens with zero attached hydrogens (tertiary/aromatic N) is 2. The Kier molecular flexibility index (Phi) is 3.00. The van der Waals surface area contributed by atoms with Gasteiger partial charge in [-0.25, -0.2) is 0 Å². The Hall–Kier alpha value is -3.77. The maximum atomic E-state index is 9.67. The van der Waals surface area contributed by atoms with Crippen LogP contribution in [-0.4, -0.2) is 11.3 Å². The molecule has 0 unspecified atom stereocenters. The van der Waals surface area contributed by atoms with Crippen molar-refractivity contribution in [3.8, 4) is 11.8 Å². The highest BCUT2D eigenvalue weighted by atomic mass is 15.0. The Labute approximate surface area is 199 Å². The fraction of sp³-hybridized carbons (Fsp3) is 0.194. The second-order valence-electron chi connectivity index (χ2n) is 11.3. The molecule has 0 fully saturated rings. The SMILES string of the molecule is CC1(C)c2cccc3c2B2c4c1cccc4C(C)(C)c1ccc4c5ccc(C#N)cc5n-3c4c12. The molecule has 1 aromatic heterocycles. The average Bonchev–Trinajstić information content (AvgIpc) is 3.17. The van der Waals surface area contributed by atoms with E-state index in [9.17, 15) is 5.26 Å². The fourth-order valence-corrected chi connectivity index (χ4v) is 7.57. The number of hydrogen-bond acceptors (Lipinski definition) is 1. The van der Waals surface area contributed by atoms with Crippen LogP contribution >= 0.6 is 0 Å². The Morgan fingerprint density at radius 3 is 2.03 bits per heavy atom. The smallest absolute Gasteiger partial charge is 0.248 e. The number of benzene rings is 4. The molecule has 0 spiro atoms. The third-order valence-corrected chi connectivity index (χ3v) is 9.09. The van der Waals surface area contributed by atoms with E-state index in [1.165, 1.54) is 60.6 Å². The van der Waals surface area contributed by atoms with E-state index in [-0.39, 0.29) is 17.5 Å². The van der Waals surface area contributed by atoms with Crippen molar-refractivity contribution in [2.45, 2.75) is 38.5 Å². The number of fused-ring (bicyclic) bond motifs is 4. The topological polar surface area (TPSA) is 28.7 Å². The molecule has 0 saturated carbocycles. The zero-order valence-corrected chi connectivity index (χ0v) is 19.8. The molecule has 0 saturated heterocycles. The van der Waals surface area contributed by atoms with Crippen molar-refractivity contribution in [1.82, 2.24) is 4.57 Å². The van der Waals surface area contributed by atoms with Gasteiger partial charge in [-0.3, -0.25) is 0 Å². The van der Waals surface area contributed by atoms with E-state index in [2.05, 4.69) is 99.0 Å². The van der Waals surface area contributed by atoms with E-state index < -0.39 is 0 Å². The monoisotopic (exact) mass is 434 g/mol. The predicted molar refractivity (Wildman–Crippen MR) is 141 cm³/mol. The van der Waals surface area contributed by atoms with Crippen molar-refractivity contribution in [3.63, 3.8) is 0 Å². The van der Waals surface area contributed by atoms with E-state index in [0.717, 1.165) is 5.52 Å². The van der Waals surface area contributed by atoms with Crippen LogP contribution in [-0.2, 0) is 10.8 Å². The molecular formula is C31H23BN2. The van der Waals surface area contributed by atoms with E-state index in [4.69, 9.17) is 0 Å². The van der Waals surface area contributed by atoms with Crippen LogP contribution in [0.2, 0.25) is 0 Å². The zero-order chi connectivity index (χ0) is 23.1. The van der Waals surface area contributed by atoms with Crippen molar-refractivity contribution in [1.29, 1.82) is 5.26 Å². The van der Waals surface area contributed by atoms with Gasteiger partial charge in [0.2, 0.25) is 6.71 Å². The third-order valence-electron chi connectivity index (χ3n) is 9.09. The minimum Gasteiger partial charge on any atom is -0.310 e. The molecule has 0 bridgehead atoms. The third kappa shape index (κ3) is 1.79. The molecule has 3 heteroatoms. The quantitative estimate of drug-likeness (QED) is 0.317. The van der Waals surface area contributed by atoms with Crippen molar-refractivity contribution in [3.05, 3.63) is 94.5 Å². The summed E-state index contributed by atoms with van der Waals surface area (Å²) in [6.45, 7) is 9.80. The van der Waals surface area contributed by atoms with Gasteiger partial charge >= 0.3 is 0 Å². The Morgan fingerprint density at radius 1 is 0.706 bits per heavy atom. The standard InChI is InChI=1S/C31H23BN2/c1-30(2)20-7-5-8-21-26(20)32-27-22(30)9-6-10-24(27)34-25-15-17(16-33)11-12-18(25)19-13-14-23(31(21,3)4)28(32)29(19)34/h5-15H,1-4H3. The van der Waals surface area contributed by atoms with Crippen LogP contribution in [0.5, 0.6) is 0 Å². The van der Waals surface area contributed by atoms with Gasteiger partial charge in [0.15, 0.2) is 0 Å². The summed E-state index contributed by atoms with van der Waals surface area (Å²) in [5.74, 6) is 0. The summed E-state index contributed by atoms with van der Waals surface area (Å²) in [7, 11) is 0. The zero-order valence-electron chi connectivity index (χ0n) is 19.8. The summed E-state index contributed by atoms with van der Waals surface area (Å²) in [6, 6.07) is 27.1. The molecular weight excluding hydrogens is 411 g/mol. The second-order valence-corrected chi connectivity index (χ2v) is 11.3. The van der Waals surface area contributed by atoms with Crippen LogP contribution in [0.4, 0.5) is 0 Å². The van der Waals surface area contributed by atoms with Gasteiger partial charge in [0.25, 0.3) is 0 Å². The summed E-state index contributed by atoms with van der Waals surface area (Å²) in [4.78, 5) is 0.